The van der Waals surface area contributed by atoms with Gasteiger partial charge in [-0.25, -0.2) is 4.98 Å². The lowest BCUT2D eigenvalue weighted by Gasteiger charge is -2.37. The van der Waals surface area contributed by atoms with Gasteiger partial charge in [-0.2, -0.15) is 0 Å². The van der Waals surface area contributed by atoms with Crippen molar-refractivity contribution in [1.29, 1.82) is 0 Å². The Kier molecular flexibility index (Phi) is 7.02. The highest BCUT2D eigenvalue weighted by Crippen LogP contribution is 2.15. The number of ether oxygens (including phenoxy) is 1. The number of nitrogens with one attached hydrogen (secondary N) is 1. The molecule has 2 fully saturated rings. The molecule has 2 aromatic rings. The zero-order valence-corrected chi connectivity index (χ0v) is 17.0. The number of pyridine rings is 1. The first-order valence-corrected chi connectivity index (χ1v) is 10.7. The second-order valence-electron chi connectivity index (χ2n) is 7.57. The van der Waals surface area contributed by atoms with Crippen molar-refractivity contribution in [2.45, 2.75) is 31.8 Å². The summed E-state index contributed by atoms with van der Waals surface area (Å²) < 4.78 is 11.3. The highest BCUT2D eigenvalue weighted by atomic mass is 16.5. The van der Waals surface area contributed by atoms with Gasteiger partial charge in [-0.3, -0.25) is 4.99 Å². The van der Waals surface area contributed by atoms with Crippen LogP contribution in [0.25, 0.3) is 0 Å². The zero-order valence-electron chi connectivity index (χ0n) is 17.0. The topological polar surface area (TPSA) is 66.1 Å². The first-order valence-electron chi connectivity index (χ1n) is 10.7. The lowest BCUT2D eigenvalue weighted by atomic mass is 10.1. The summed E-state index contributed by atoms with van der Waals surface area (Å²) in [4.78, 5) is 14.1. The third-order valence-corrected chi connectivity index (χ3v) is 5.51. The molecule has 0 amide bonds. The van der Waals surface area contributed by atoms with E-state index in [-0.39, 0.29) is 6.10 Å². The summed E-state index contributed by atoms with van der Waals surface area (Å²) in [6.45, 7) is 6.13. The molecule has 2 aliphatic rings. The van der Waals surface area contributed by atoms with Gasteiger partial charge in [-0.1, -0.05) is 6.07 Å². The Labute approximate surface area is 172 Å². The maximum Gasteiger partial charge on any atom is 0.194 e. The zero-order chi connectivity index (χ0) is 19.7. The average Bonchev–Trinajstić information content (AvgIpc) is 3.31. The van der Waals surface area contributed by atoms with Crippen molar-refractivity contribution in [3.05, 3.63) is 48.6 Å². The molecular weight excluding hydrogens is 366 g/mol. The van der Waals surface area contributed by atoms with E-state index in [0.29, 0.717) is 0 Å². The van der Waals surface area contributed by atoms with Crippen LogP contribution in [0.1, 0.15) is 25.0 Å². The van der Waals surface area contributed by atoms with Crippen LogP contribution in [0.2, 0.25) is 0 Å². The molecule has 29 heavy (non-hydrogen) atoms. The molecule has 2 aromatic heterocycles. The Bertz CT molecular complexity index is 736. The smallest absolute Gasteiger partial charge is 0.194 e. The molecule has 0 radical (unpaired) electrons. The van der Waals surface area contributed by atoms with Gasteiger partial charge in [0.05, 0.1) is 18.9 Å². The molecule has 1 unspecified atom stereocenters. The Morgan fingerprint density at radius 1 is 1.14 bits per heavy atom. The summed E-state index contributed by atoms with van der Waals surface area (Å²) in [5, 5.41) is 3.55. The van der Waals surface area contributed by atoms with Crippen LogP contribution in [0.4, 0.5) is 5.82 Å². The summed E-state index contributed by atoms with van der Waals surface area (Å²) in [5.41, 5.74) is 0. The summed E-state index contributed by atoms with van der Waals surface area (Å²) in [6, 6.07) is 10.0. The summed E-state index contributed by atoms with van der Waals surface area (Å²) in [7, 11) is 0. The van der Waals surface area contributed by atoms with Gasteiger partial charge in [0, 0.05) is 51.9 Å². The number of aliphatic imine (C=N–C) groups is 1. The van der Waals surface area contributed by atoms with E-state index in [2.05, 4.69) is 26.2 Å². The molecule has 2 saturated heterocycles. The van der Waals surface area contributed by atoms with Crippen molar-refractivity contribution in [2.75, 3.05) is 50.8 Å². The van der Waals surface area contributed by atoms with E-state index in [0.717, 1.165) is 76.3 Å². The van der Waals surface area contributed by atoms with E-state index in [1.165, 1.54) is 12.8 Å². The molecule has 4 rings (SSSR count). The lowest BCUT2D eigenvalue weighted by Crippen LogP contribution is -2.53. The molecule has 7 nitrogen and oxygen atoms in total. The number of aromatic nitrogens is 1. The molecular formula is C22H31N5O2. The summed E-state index contributed by atoms with van der Waals surface area (Å²) >= 11 is 0. The van der Waals surface area contributed by atoms with E-state index in [1.807, 2.05) is 30.5 Å². The Balaban J connectivity index is 1.34. The van der Waals surface area contributed by atoms with Crippen molar-refractivity contribution in [1.82, 2.24) is 15.2 Å². The van der Waals surface area contributed by atoms with Gasteiger partial charge >= 0.3 is 0 Å². The van der Waals surface area contributed by atoms with E-state index in [1.54, 1.807) is 6.26 Å². The molecule has 2 aliphatic heterocycles. The van der Waals surface area contributed by atoms with Gasteiger partial charge < -0.3 is 24.3 Å². The van der Waals surface area contributed by atoms with Crippen LogP contribution >= 0.6 is 0 Å². The van der Waals surface area contributed by atoms with Crippen molar-refractivity contribution < 1.29 is 9.15 Å². The molecule has 156 valence electrons. The van der Waals surface area contributed by atoms with Gasteiger partial charge in [0.25, 0.3) is 0 Å². The normalized spacial score (nSPS) is 20.7. The molecule has 0 spiro atoms. The largest absolute Gasteiger partial charge is 0.469 e. The predicted molar refractivity (Wildman–Crippen MR) is 114 cm³/mol. The molecule has 7 heteroatoms. The number of piperazine rings is 1. The predicted octanol–water partition coefficient (Wildman–Crippen LogP) is 2.55. The summed E-state index contributed by atoms with van der Waals surface area (Å²) in [6.07, 6.45) is 8.20. The van der Waals surface area contributed by atoms with Crippen LogP contribution in [0.5, 0.6) is 0 Å². The first-order chi connectivity index (χ1) is 14.4. The van der Waals surface area contributed by atoms with Crippen LogP contribution in [0.15, 0.2) is 52.2 Å². The highest BCUT2D eigenvalue weighted by molar-refractivity contribution is 5.80. The second kappa shape index (κ2) is 10.3. The number of hydrogen-bond acceptors (Lipinski definition) is 5. The standard InChI is InChI=1S/C22H31N5O2/c1-3-10-23-21(8-1)26-12-14-27(15-13-26)22(24-11-9-19-7-5-17-28-19)25-18-20-6-2-4-16-29-20/h1,3,5,7-8,10,17,20H,2,4,6,9,11-16,18H2,(H,24,25). The average molecular weight is 398 g/mol. The Morgan fingerprint density at radius 2 is 2.07 bits per heavy atom. The maximum absolute atomic E-state index is 5.87. The van der Waals surface area contributed by atoms with Gasteiger partial charge in [-0.15, -0.1) is 0 Å². The molecule has 4 heterocycles. The van der Waals surface area contributed by atoms with Gasteiger partial charge in [-0.05, 0) is 43.5 Å². The van der Waals surface area contributed by atoms with Crippen LogP contribution in [0.3, 0.4) is 0 Å². The quantitative estimate of drug-likeness (QED) is 0.597. The number of rotatable bonds is 6. The maximum atomic E-state index is 5.87. The minimum absolute atomic E-state index is 0.250. The number of nitrogens with zero attached hydrogens (tertiary/aromatic N) is 4. The minimum Gasteiger partial charge on any atom is -0.469 e. The third-order valence-electron chi connectivity index (χ3n) is 5.51. The molecule has 0 aromatic carbocycles. The number of anilines is 1. The van der Waals surface area contributed by atoms with E-state index >= 15 is 0 Å². The van der Waals surface area contributed by atoms with Crippen LogP contribution < -0.4 is 10.2 Å². The van der Waals surface area contributed by atoms with Gasteiger partial charge in [0.1, 0.15) is 11.6 Å². The SMILES string of the molecule is c1ccc(N2CCN(C(=NCC3CCCCO3)NCCc3ccco3)CC2)nc1. The van der Waals surface area contributed by atoms with Crippen molar-refractivity contribution in [3.63, 3.8) is 0 Å². The van der Waals surface area contributed by atoms with E-state index < -0.39 is 0 Å². The fourth-order valence-corrected chi connectivity index (χ4v) is 3.85. The van der Waals surface area contributed by atoms with E-state index in [9.17, 15) is 0 Å². The Hall–Kier alpha value is -2.54. The van der Waals surface area contributed by atoms with Crippen molar-refractivity contribution in [2.24, 2.45) is 4.99 Å². The van der Waals surface area contributed by atoms with Crippen LogP contribution in [0, 0.1) is 0 Å². The van der Waals surface area contributed by atoms with Crippen LogP contribution in [-0.2, 0) is 11.2 Å². The van der Waals surface area contributed by atoms with E-state index in [4.69, 9.17) is 14.1 Å². The number of hydrogen-bond donors (Lipinski definition) is 1. The number of guanidine groups is 1. The molecule has 1 N–H and O–H groups in total. The fourth-order valence-electron chi connectivity index (χ4n) is 3.85. The highest BCUT2D eigenvalue weighted by Gasteiger charge is 2.21. The molecule has 1 atom stereocenters. The monoisotopic (exact) mass is 397 g/mol. The second-order valence-corrected chi connectivity index (χ2v) is 7.57. The lowest BCUT2D eigenvalue weighted by molar-refractivity contribution is 0.0223. The van der Waals surface area contributed by atoms with Crippen molar-refractivity contribution in [3.8, 4) is 0 Å². The fraction of sp³-hybridized carbons (Fsp3) is 0.545. The Morgan fingerprint density at radius 3 is 2.79 bits per heavy atom. The molecule has 0 bridgehead atoms. The van der Waals surface area contributed by atoms with Crippen LogP contribution in [-0.4, -0.2) is 67.8 Å². The minimum atomic E-state index is 0.250. The third kappa shape index (κ3) is 5.73. The van der Waals surface area contributed by atoms with Gasteiger partial charge in [0.2, 0.25) is 0 Å². The molecule has 0 aliphatic carbocycles. The van der Waals surface area contributed by atoms with Crippen molar-refractivity contribution >= 4 is 11.8 Å². The molecule has 0 saturated carbocycles. The number of furan rings is 1. The summed E-state index contributed by atoms with van der Waals surface area (Å²) in [5.74, 6) is 3.02. The first kappa shape index (κ1) is 19.8. The van der Waals surface area contributed by atoms with Gasteiger partial charge in [0.15, 0.2) is 5.96 Å².